The van der Waals surface area contributed by atoms with Crippen LogP contribution in [0.5, 0.6) is 0 Å². The highest BCUT2D eigenvalue weighted by Crippen LogP contribution is 2.43. The van der Waals surface area contributed by atoms with E-state index < -0.39 is 0 Å². The summed E-state index contributed by atoms with van der Waals surface area (Å²) in [5, 5.41) is 0. The van der Waals surface area contributed by atoms with E-state index in [0.717, 1.165) is 16.7 Å². The van der Waals surface area contributed by atoms with Gasteiger partial charge in [-0.3, -0.25) is 0 Å². The minimum atomic E-state index is 0.0255. The molecule has 0 spiro atoms. The van der Waals surface area contributed by atoms with E-state index in [9.17, 15) is 4.39 Å². The summed E-state index contributed by atoms with van der Waals surface area (Å²) >= 11 is 0. The minimum absolute atomic E-state index is 0.0255. The van der Waals surface area contributed by atoms with E-state index in [1.54, 1.807) is 0 Å². The third kappa shape index (κ3) is 1.13. The molecule has 0 radical (unpaired) electrons. The molecule has 1 saturated carbocycles. The van der Waals surface area contributed by atoms with Crippen LogP contribution in [0.25, 0.3) is 0 Å². The molecule has 0 heterocycles. The van der Waals surface area contributed by atoms with Crippen molar-refractivity contribution in [2.24, 2.45) is 0 Å². The molecule has 0 atom stereocenters. The first-order valence-electron chi connectivity index (χ1n) is 4.45. The molecule has 1 aromatic carbocycles. The van der Waals surface area contributed by atoms with Gasteiger partial charge < -0.3 is 0 Å². The van der Waals surface area contributed by atoms with E-state index in [-0.39, 0.29) is 5.82 Å². The van der Waals surface area contributed by atoms with Gasteiger partial charge in [0.2, 0.25) is 0 Å². The van der Waals surface area contributed by atoms with Crippen LogP contribution in [0.4, 0.5) is 4.39 Å². The third-order valence-electron chi connectivity index (χ3n) is 2.58. The van der Waals surface area contributed by atoms with Crippen LogP contribution in [0, 0.1) is 19.7 Å². The second-order valence-electron chi connectivity index (χ2n) is 3.70. The number of benzene rings is 1. The largest absolute Gasteiger partial charge is 0.206 e. The number of hydrogen-bond acceptors (Lipinski definition) is 0. The normalized spacial score (nSPS) is 16.6. The molecule has 64 valence electrons. The maximum absolute atomic E-state index is 13.6. The molecule has 2 rings (SSSR count). The van der Waals surface area contributed by atoms with E-state index in [4.69, 9.17) is 0 Å². The Morgan fingerprint density at radius 1 is 1.17 bits per heavy atom. The van der Waals surface area contributed by atoms with Crippen LogP contribution < -0.4 is 0 Å². The maximum atomic E-state index is 13.6. The van der Waals surface area contributed by atoms with Gasteiger partial charge >= 0.3 is 0 Å². The monoisotopic (exact) mass is 164 g/mol. The maximum Gasteiger partial charge on any atom is 0.129 e. The Morgan fingerprint density at radius 2 is 1.75 bits per heavy atom. The Labute approximate surface area is 72.4 Å². The second kappa shape index (κ2) is 2.58. The zero-order valence-corrected chi connectivity index (χ0v) is 7.52. The van der Waals surface area contributed by atoms with Crippen molar-refractivity contribution in [2.45, 2.75) is 32.6 Å². The third-order valence-corrected chi connectivity index (χ3v) is 2.58. The van der Waals surface area contributed by atoms with Crippen molar-refractivity contribution >= 4 is 0 Å². The van der Waals surface area contributed by atoms with Crippen LogP contribution in [0.2, 0.25) is 0 Å². The number of hydrogen-bond donors (Lipinski definition) is 0. The molecule has 0 unspecified atom stereocenters. The van der Waals surface area contributed by atoms with Crippen LogP contribution in [0.15, 0.2) is 12.1 Å². The van der Waals surface area contributed by atoms with Crippen molar-refractivity contribution in [2.75, 3.05) is 0 Å². The molecule has 1 fully saturated rings. The van der Waals surface area contributed by atoms with Gasteiger partial charge in [-0.05, 0) is 49.3 Å². The average Bonchev–Trinajstić information content (AvgIpc) is 2.81. The van der Waals surface area contributed by atoms with Gasteiger partial charge in [0.05, 0.1) is 0 Å². The van der Waals surface area contributed by atoms with Gasteiger partial charge in [0.15, 0.2) is 0 Å². The van der Waals surface area contributed by atoms with E-state index in [1.807, 2.05) is 26.0 Å². The lowest BCUT2D eigenvalue weighted by Gasteiger charge is -2.07. The van der Waals surface area contributed by atoms with E-state index in [0.29, 0.717) is 5.92 Å². The first-order chi connectivity index (χ1) is 5.70. The van der Waals surface area contributed by atoms with Gasteiger partial charge in [-0.2, -0.15) is 0 Å². The fourth-order valence-corrected chi connectivity index (χ4v) is 1.67. The van der Waals surface area contributed by atoms with Crippen molar-refractivity contribution < 1.29 is 4.39 Å². The molecule has 0 saturated heterocycles. The zero-order chi connectivity index (χ0) is 8.72. The number of halogens is 1. The summed E-state index contributed by atoms with van der Waals surface area (Å²) in [6, 6.07) is 3.88. The Kier molecular flexibility index (Phi) is 1.67. The summed E-state index contributed by atoms with van der Waals surface area (Å²) in [6.07, 6.45) is 2.34. The topological polar surface area (TPSA) is 0 Å². The average molecular weight is 164 g/mol. The van der Waals surface area contributed by atoms with Gasteiger partial charge in [-0.15, -0.1) is 0 Å². The lowest BCUT2D eigenvalue weighted by atomic mass is 10.0. The Balaban J connectivity index is 2.55. The fraction of sp³-hybridized carbons (Fsp3) is 0.455. The minimum Gasteiger partial charge on any atom is -0.206 e. The van der Waals surface area contributed by atoms with Crippen molar-refractivity contribution in [1.82, 2.24) is 0 Å². The summed E-state index contributed by atoms with van der Waals surface area (Å²) in [6.45, 7) is 3.83. The lowest BCUT2D eigenvalue weighted by Crippen LogP contribution is -1.94. The first kappa shape index (κ1) is 7.78. The summed E-state index contributed by atoms with van der Waals surface area (Å²) in [4.78, 5) is 0. The highest BCUT2D eigenvalue weighted by molar-refractivity contribution is 5.37. The van der Waals surface area contributed by atoms with Gasteiger partial charge in [0, 0.05) is 0 Å². The van der Waals surface area contributed by atoms with Gasteiger partial charge in [0.25, 0.3) is 0 Å². The highest BCUT2D eigenvalue weighted by Gasteiger charge is 2.28. The van der Waals surface area contributed by atoms with Gasteiger partial charge in [-0.25, -0.2) is 4.39 Å². The van der Waals surface area contributed by atoms with Crippen LogP contribution >= 0.6 is 0 Å². The fourth-order valence-electron chi connectivity index (χ4n) is 1.67. The molecule has 0 aromatic heterocycles. The molecule has 1 aliphatic rings. The summed E-state index contributed by atoms with van der Waals surface area (Å²) in [5.74, 6) is 0.544. The summed E-state index contributed by atoms with van der Waals surface area (Å²) < 4.78 is 13.6. The first-order valence-corrected chi connectivity index (χ1v) is 4.45. The van der Waals surface area contributed by atoms with Crippen LogP contribution in [-0.4, -0.2) is 0 Å². The number of rotatable bonds is 1. The molecular formula is C11H13F. The SMILES string of the molecule is Cc1ccc(C)c(C2CC2)c1F. The summed E-state index contributed by atoms with van der Waals surface area (Å²) in [5.41, 5.74) is 2.86. The Morgan fingerprint density at radius 3 is 2.33 bits per heavy atom. The molecule has 1 heteroatoms. The zero-order valence-electron chi connectivity index (χ0n) is 7.52. The van der Waals surface area contributed by atoms with E-state index >= 15 is 0 Å². The van der Waals surface area contributed by atoms with Gasteiger partial charge in [-0.1, -0.05) is 12.1 Å². The highest BCUT2D eigenvalue weighted by atomic mass is 19.1. The predicted molar refractivity (Wildman–Crippen MR) is 47.8 cm³/mol. The molecule has 0 nitrogen and oxygen atoms in total. The Hall–Kier alpha value is -0.850. The quantitative estimate of drug-likeness (QED) is 0.597. The molecular weight excluding hydrogens is 151 g/mol. The van der Waals surface area contributed by atoms with Crippen molar-refractivity contribution in [3.05, 3.63) is 34.6 Å². The second-order valence-corrected chi connectivity index (χ2v) is 3.70. The molecule has 0 amide bonds. The smallest absolute Gasteiger partial charge is 0.129 e. The van der Waals surface area contributed by atoms with Crippen LogP contribution in [0.1, 0.15) is 35.4 Å². The molecule has 12 heavy (non-hydrogen) atoms. The molecule has 1 aliphatic carbocycles. The number of aryl methyl sites for hydroxylation is 2. The standard InChI is InChI=1S/C11H13F/c1-7-3-4-8(2)11(12)10(7)9-5-6-9/h3-4,9H,5-6H2,1-2H3. The van der Waals surface area contributed by atoms with Crippen molar-refractivity contribution in [3.8, 4) is 0 Å². The Bertz CT molecular complexity index is 311. The summed E-state index contributed by atoms with van der Waals surface area (Å²) in [7, 11) is 0. The molecule has 0 aliphatic heterocycles. The molecule has 0 bridgehead atoms. The van der Waals surface area contributed by atoms with Crippen LogP contribution in [0.3, 0.4) is 0 Å². The van der Waals surface area contributed by atoms with Gasteiger partial charge in [0.1, 0.15) is 5.82 Å². The van der Waals surface area contributed by atoms with Crippen LogP contribution in [-0.2, 0) is 0 Å². The van der Waals surface area contributed by atoms with E-state index in [2.05, 4.69) is 0 Å². The predicted octanol–water partition coefficient (Wildman–Crippen LogP) is 3.32. The molecule has 1 aromatic rings. The van der Waals surface area contributed by atoms with Crippen molar-refractivity contribution in [3.63, 3.8) is 0 Å². The lowest BCUT2D eigenvalue weighted by molar-refractivity contribution is 0.600. The van der Waals surface area contributed by atoms with E-state index in [1.165, 1.54) is 12.8 Å². The molecule has 0 N–H and O–H groups in total. The van der Waals surface area contributed by atoms with Crippen molar-refractivity contribution in [1.29, 1.82) is 0 Å².